The maximum atomic E-state index is 13.1. The van der Waals surface area contributed by atoms with Gasteiger partial charge in [-0.3, -0.25) is 4.79 Å². The number of pyridine rings is 1. The second-order valence-corrected chi connectivity index (χ2v) is 6.58. The first-order valence-corrected chi connectivity index (χ1v) is 7.70. The summed E-state index contributed by atoms with van der Waals surface area (Å²) in [5.41, 5.74) is 3.42. The first kappa shape index (κ1) is 13.4. The fourth-order valence-corrected chi connectivity index (χ4v) is 4.01. The van der Waals surface area contributed by atoms with Gasteiger partial charge in [-0.15, -0.1) is 0 Å². The number of benzene rings is 1. The van der Waals surface area contributed by atoms with Gasteiger partial charge in [0.05, 0.1) is 5.56 Å². The molecule has 0 amide bonds. The van der Waals surface area contributed by atoms with Crippen LogP contribution in [0.15, 0.2) is 53.0 Å². The summed E-state index contributed by atoms with van der Waals surface area (Å²) in [6.45, 7) is 6.36. The zero-order chi connectivity index (χ0) is 15.5. The molecule has 0 saturated heterocycles. The van der Waals surface area contributed by atoms with E-state index in [-0.39, 0.29) is 11.3 Å². The molecule has 1 aromatic carbocycles. The third kappa shape index (κ3) is 1.65. The molecule has 2 aromatic rings. The normalized spacial score (nSPS) is 28.8. The molecule has 2 heterocycles. The third-order valence-corrected chi connectivity index (χ3v) is 5.15. The van der Waals surface area contributed by atoms with Gasteiger partial charge in [0.25, 0.3) is 0 Å². The molecule has 3 atom stereocenters. The maximum absolute atomic E-state index is 13.1. The summed E-state index contributed by atoms with van der Waals surface area (Å²) in [5, 5.41) is 0. The van der Waals surface area contributed by atoms with E-state index in [1.165, 1.54) is 5.57 Å². The van der Waals surface area contributed by atoms with E-state index in [0.717, 1.165) is 11.1 Å². The van der Waals surface area contributed by atoms with Gasteiger partial charge in [-0.1, -0.05) is 42.8 Å². The minimum atomic E-state index is -0.406. The summed E-state index contributed by atoms with van der Waals surface area (Å²) < 4.78 is 6.10. The number of ether oxygens (including phenoxy) is 1. The molecule has 4 rings (SSSR count). The molecule has 1 aromatic heterocycles. The number of rotatable bonds is 1. The Kier molecular flexibility index (Phi) is 2.65. The molecule has 22 heavy (non-hydrogen) atoms. The molecule has 3 nitrogen and oxygen atoms in total. The summed E-state index contributed by atoms with van der Waals surface area (Å²) >= 11 is 0. The molecule has 1 aliphatic heterocycles. The van der Waals surface area contributed by atoms with Crippen LogP contribution in [-0.4, -0.2) is 10.6 Å². The molecular weight excluding hydrogens is 274 g/mol. The number of hydrogen-bond donors (Lipinski definition) is 1. The highest BCUT2D eigenvalue weighted by Crippen LogP contribution is 2.53. The van der Waals surface area contributed by atoms with Gasteiger partial charge in [-0.2, -0.15) is 0 Å². The van der Waals surface area contributed by atoms with Crippen LogP contribution in [0, 0.1) is 5.92 Å². The van der Waals surface area contributed by atoms with Gasteiger partial charge in [0.2, 0.25) is 0 Å². The summed E-state index contributed by atoms with van der Waals surface area (Å²) in [4.78, 5) is 16.3. The van der Waals surface area contributed by atoms with Gasteiger partial charge in [0.1, 0.15) is 5.60 Å². The van der Waals surface area contributed by atoms with Crippen molar-refractivity contribution < 1.29 is 4.74 Å². The Hall–Kier alpha value is -2.29. The van der Waals surface area contributed by atoms with Crippen molar-refractivity contribution >= 4 is 0 Å². The lowest BCUT2D eigenvalue weighted by molar-refractivity contribution is 0.136. The van der Waals surface area contributed by atoms with Crippen molar-refractivity contribution in [2.75, 3.05) is 0 Å². The molecule has 2 aliphatic rings. The Morgan fingerprint density at radius 3 is 2.68 bits per heavy atom. The Labute approximate surface area is 129 Å². The average molecular weight is 293 g/mol. The number of nitrogens with one attached hydrogen (secondary N) is 1. The van der Waals surface area contributed by atoms with E-state index in [1.807, 2.05) is 30.3 Å². The van der Waals surface area contributed by atoms with Crippen molar-refractivity contribution in [1.29, 1.82) is 0 Å². The second kappa shape index (κ2) is 4.35. The number of hydrogen-bond acceptors (Lipinski definition) is 2. The van der Waals surface area contributed by atoms with Crippen LogP contribution in [0.25, 0.3) is 11.1 Å². The Balaban J connectivity index is 1.92. The highest BCUT2D eigenvalue weighted by atomic mass is 16.5. The number of H-pyrrole nitrogens is 1. The Morgan fingerprint density at radius 2 is 1.95 bits per heavy atom. The topological polar surface area (TPSA) is 42.1 Å². The predicted octanol–water partition coefficient (Wildman–Crippen LogP) is 3.87. The third-order valence-electron chi connectivity index (χ3n) is 5.15. The molecule has 3 heteroatoms. The van der Waals surface area contributed by atoms with Gasteiger partial charge in [-0.05, 0) is 31.4 Å². The lowest BCUT2D eigenvalue weighted by Gasteiger charge is -2.24. The van der Waals surface area contributed by atoms with Crippen LogP contribution >= 0.6 is 0 Å². The van der Waals surface area contributed by atoms with Gasteiger partial charge >= 0.3 is 0 Å². The lowest BCUT2D eigenvalue weighted by Crippen LogP contribution is -2.32. The van der Waals surface area contributed by atoms with Gasteiger partial charge < -0.3 is 9.72 Å². The first-order chi connectivity index (χ1) is 10.5. The van der Waals surface area contributed by atoms with Gasteiger partial charge in [0.15, 0.2) is 11.3 Å². The predicted molar refractivity (Wildman–Crippen MR) is 87.2 cm³/mol. The molecule has 0 unspecified atom stereocenters. The first-order valence-electron chi connectivity index (χ1n) is 7.70. The van der Waals surface area contributed by atoms with Crippen molar-refractivity contribution in [3.8, 4) is 17.0 Å². The van der Waals surface area contributed by atoms with E-state index >= 15 is 0 Å². The molecule has 1 aliphatic carbocycles. The molecule has 0 saturated carbocycles. The van der Waals surface area contributed by atoms with Crippen LogP contribution in [0.3, 0.4) is 0 Å². The Morgan fingerprint density at radius 1 is 1.23 bits per heavy atom. The molecule has 0 spiro atoms. The van der Waals surface area contributed by atoms with Crippen molar-refractivity contribution in [3.05, 3.63) is 64.0 Å². The van der Waals surface area contributed by atoms with Crippen LogP contribution in [0.2, 0.25) is 0 Å². The highest BCUT2D eigenvalue weighted by molar-refractivity contribution is 5.65. The lowest BCUT2D eigenvalue weighted by atomic mass is 9.81. The fourth-order valence-electron chi connectivity index (χ4n) is 4.01. The van der Waals surface area contributed by atoms with Crippen molar-refractivity contribution in [3.63, 3.8) is 0 Å². The van der Waals surface area contributed by atoms with Crippen molar-refractivity contribution in [2.24, 2.45) is 5.92 Å². The number of allylic oxidation sites excluding steroid dienone is 1. The standard InChI is InChI=1S/C19H19NO2/c1-11-9-19(3)16(12(11)2)15-17(21)14(10-20-18(15)22-19)13-7-5-4-6-8-13/h4-10,12,16H,1-3H3,(H,20,21)/t12-,16-,19-/m0/s1. The van der Waals surface area contributed by atoms with Crippen LogP contribution in [0.4, 0.5) is 0 Å². The van der Waals surface area contributed by atoms with E-state index in [9.17, 15) is 4.79 Å². The fraction of sp³-hybridized carbons (Fsp3) is 0.316. The summed E-state index contributed by atoms with van der Waals surface area (Å²) in [5.74, 6) is 1.04. The summed E-state index contributed by atoms with van der Waals surface area (Å²) in [6, 6.07) is 9.79. The molecule has 0 radical (unpaired) electrons. The smallest absolute Gasteiger partial charge is 0.199 e. The zero-order valence-electron chi connectivity index (χ0n) is 13.0. The van der Waals surface area contributed by atoms with Gasteiger partial charge in [-0.25, -0.2) is 0 Å². The van der Waals surface area contributed by atoms with Crippen LogP contribution in [0.5, 0.6) is 5.88 Å². The second-order valence-electron chi connectivity index (χ2n) is 6.58. The molecule has 112 valence electrons. The maximum Gasteiger partial charge on any atom is 0.199 e. The van der Waals surface area contributed by atoms with Gasteiger partial charge in [0, 0.05) is 17.7 Å². The molecule has 0 fully saturated rings. The van der Waals surface area contributed by atoms with E-state index in [4.69, 9.17) is 4.74 Å². The summed E-state index contributed by atoms with van der Waals surface area (Å²) in [6.07, 6.45) is 3.93. The SMILES string of the molecule is CC1=C[C@]2(C)Oc3[nH]cc(-c4ccccc4)c(=O)c3[C@@H]2[C@H]1C. The van der Waals surface area contributed by atoms with E-state index in [0.29, 0.717) is 17.4 Å². The van der Waals surface area contributed by atoms with Crippen LogP contribution in [0.1, 0.15) is 32.3 Å². The summed E-state index contributed by atoms with van der Waals surface area (Å²) in [7, 11) is 0. The van der Waals surface area contributed by atoms with Crippen LogP contribution < -0.4 is 10.2 Å². The number of fused-ring (bicyclic) bond motifs is 3. The molecule has 0 bridgehead atoms. The quantitative estimate of drug-likeness (QED) is 0.811. The largest absolute Gasteiger partial charge is 0.467 e. The Bertz CT molecular complexity index is 834. The average Bonchev–Trinajstić information content (AvgIpc) is 2.91. The minimum Gasteiger partial charge on any atom is -0.467 e. The van der Waals surface area contributed by atoms with Crippen LogP contribution in [-0.2, 0) is 0 Å². The van der Waals surface area contributed by atoms with Crippen molar-refractivity contribution in [1.82, 2.24) is 4.98 Å². The van der Waals surface area contributed by atoms with E-state index in [1.54, 1.807) is 6.20 Å². The highest BCUT2D eigenvalue weighted by Gasteiger charge is 2.52. The monoisotopic (exact) mass is 293 g/mol. The molecule has 1 N–H and O–H groups in total. The van der Waals surface area contributed by atoms with E-state index < -0.39 is 5.60 Å². The van der Waals surface area contributed by atoms with Crippen molar-refractivity contribution in [2.45, 2.75) is 32.3 Å². The number of aromatic amines is 1. The number of aromatic nitrogens is 1. The van der Waals surface area contributed by atoms with E-state index in [2.05, 4.69) is 31.8 Å². The zero-order valence-corrected chi connectivity index (χ0v) is 13.0. The molecular formula is C19H19NO2. The minimum absolute atomic E-state index is 0.0867.